The molecule has 0 saturated carbocycles. The fraction of sp³-hybridized carbons (Fsp3) is 0.107. The average molecular weight is 504 g/mol. The smallest absolute Gasteiger partial charge is 0.291 e. The zero-order valence-corrected chi connectivity index (χ0v) is 21.7. The lowest BCUT2D eigenvalue weighted by atomic mass is 10.2. The van der Waals surface area contributed by atoms with Crippen LogP contribution in [0.5, 0.6) is 0 Å². The van der Waals surface area contributed by atoms with Gasteiger partial charge in [-0.3, -0.25) is 4.79 Å². The normalized spacial score (nSPS) is 10.7. The lowest BCUT2D eigenvalue weighted by molar-refractivity contribution is 0.0941. The second-order valence-electron chi connectivity index (χ2n) is 7.79. The minimum absolute atomic E-state index is 0.272. The zero-order valence-electron chi connectivity index (χ0n) is 19.2. The van der Waals surface area contributed by atoms with Crippen LogP contribution in [0.25, 0.3) is 0 Å². The van der Waals surface area contributed by atoms with Crippen molar-refractivity contribution in [3.8, 4) is 0 Å². The van der Waals surface area contributed by atoms with Gasteiger partial charge >= 0.3 is 0 Å². The molecule has 4 rings (SSSR count). The molecule has 0 aliphatic heterocycles. The van der Waals surface area contributed by atoms with Crippen LogP contribution < -0.4 is 5.32 Å². The Balaban J connectivity index is 1.75. The van der Waals surface area contributed by atoms with Crippen LogP contribution in [0.3, 0.4) is 0 Å². The molecule has 0 fully saturated rings. The van der Waals surface area contributed by atoms with Gasteiger partial charge in [0.2, 0.25) is 0 Å². The highest BCUT2D eigenvalue weighted by Crippen LogP contribution is 2.44. The predicted molar refractivity (Wildman–Crippen MR) is 144 cm³/mol. The maximum Gasteiger partial charge on any atom is 0.291 e. The van der Waals surface area contributed by atoms with E-state index in [1.165, 1.54) is 23.0 Å². The first-order chi connectivity index (χ1) is 16.5. The summed E-state index contributed by atoms with van der Waals surface area (Å²) in [6, 6.07) is 28.5. The van der Waals surface area contributed by atoms with E-state index in [0.717, 1.165) is 24.0 Å². The van der Waals surface area contributed by atoms with Gasteiger partial charge in [-0.15, -0.1) is 0 Å². The van der Waals surface area contributed by atoms with Gasteiger partial charge in [0, 0.05) is 14.7 Å². The van der Waals surface area contributed by atoms with Crippen LogP contribution in [-0.4, -0.2) is 5.91 Å². The van der Waals surface area contributed by atoms with Crippen LogP contribution in [0.2, 0.25) is 0 Å². The Bertz CT molecular complexity index is 1210. The van der Waals surface area contributed by atoms with Crippen molar-refractivity contribution < 1.29 is 9.21 Å². The van der Waals surface area contributed by atoms with E-state index in [2.05, 4.69) is 98.9 Å². The first kappa shape index (κ1) is 24.3. The van der Waals surface area contributed by atoms with Gasteiger partial charge < -0.3 is 9.73 Å². The van der Waals surface area contributed by atoms with E-state index >= 15 is 0 Å². The van der Waals surface area contributed by atoms with E-state index in [0.29, 0.717) is 0 Å². The molecule has 0 spiro atoms. The lowest BCUT2D eigenvalue weighted by Gasteiger charge is -2.16. The molecule has 1 amide bonds. The molecule has 3 aromatic carbocycles. The van der Waals surface area contributed by atoms with Crippen molar-refractivity contribution in [1.29, 1.82) is 0 Å². The minimum Gasteiger partial charge on any atom is -0.459 e. The number of carbonyl (C=O) groups excluding carboxylic acids is 1. The van der Waals surface area contributed by atoms with Crippen molar-refractivity contribution in [2.45, 2.75) is 35.5 Å². The number of hydrogen-bond donors (Lipinski definition) is 1. The van der Waals surface area contributed by atoms with E-state index in [9.17, 15) is 4.79 Å². The molecule has 172 valence electrons. The van der Waals surface area contributed by atoms with Gasteiger partial charge in [-0.25, -0.2) is 0 Å². The summed E-state index contributed by atoms with van der Waals surface area (Å²) in [4.78, 5) is 16.2. The summed E-state index contributed by atoms with van der Waals surface area (Å²) in [5.41, 5.74) is 3.61. The average Bonchev–Trinajstić information content (AvgIpc) is 3.38. The molecule has 3 nitrogen and oxygen atoms in total. The summed E-state index contributed by atoms with van der Waals surface area (Å²) in [6.07, 6.45) is 1.51. The van der Waals surface area contributed by atoms with Crippen molar-refractivity contribution in [2.75, 3.05) is 0 Å². The molecule has 1 N–H and O–H groups in total. The SMILES string of the molecule is Cc1ccc(SC(NC(=O)c2ccco2)=C(Sc2ccc(C)cc2)Sc2ccc(C)cc2)cc1. The molecule has 1 heterocycles. The number of carbonyl (C=O) groups is 1. The van der Waals surface area contributed by atoms with E-state index in [1.54, 1.807) is 47.4 Å². The predicted octanol–water partition coefficient (Wildman–Crippen LogP) is 8.44. The maximum absolute atomic E-state index is 13.0. The molecule has 0 unspecified atom stereocenters. The van der Waals surface area contributed by atoms with Crippen molar-refractivity contribution in [2.24, 2.45) is 0 Å². The van der Waals surface area contributed by atoms with Crippen LogP contribution in [-0.2, 0) is 0 Å². The molecule has 0 saturated heterocycles. The van der Waals surface area contributed by atoms with Crippen LogP contribution in [0.4, 0.5) is 0 Å². The number of hydrogen-bond acceptors (Lipinski definition) is 5. The summed E-state index contributed by atoms with van der Waals surface area (Å²) in [6.45, 7) is 6.22. The molecule has 34 heavy (non-hydrogen) atoms. The minimum atomic E-state index is -0.272. The van der Waals surface area contributed by atoms with Gasteiger partial charge in [0.05, 0.1) is 10.5 Å². The van der Waals surface area contributed by atoms with Crippen LogP contribution >= 0.6 is 35.3 Å². The van der Waals surface area contributed by atoms with E-state index < -0.39 is 0 Å². The fourth-order valence-electron chi connectivity index (χ4n) is 2.96. The first-order valence-corrected chi connectivity index (χ1v) is 13.2. The molecule has 0 bridgehead atoms. The molecule has 4 aromatic rings. The zero-order chi connectivity index (χ0) is 23.9. The summed E-state index contributed by atoms with van der Waals surface area (Å²) in [5.74, 6) is 0.00755. The molecule has 0 aliphatic carbocycles. The van der Waals surface area contributed by atoms with Crippen LogP contribution in [0.15, 0.2) is 120 Å². The Labute approximate surface area is 213 Å². The number of benzene rings is 3. The summed E-state index contributed by atoms with van der Waals surface area (Å²) >= 11 is 4.83. The highest BCUT2D eigenvalue weighted by atomic mass is 32.2. The van der Waals surface area contributed by atoms with Crippen LogP contribution in [0.1, 0.15) is 27.2 Å². The number of rotatable bonds is 8. The van der Waals surface area contributed by atoms with Gasteiger partial charge in [0.25, 0.3) is 5.91 Å². The van der Waals surface area contributed by atoms with E-state index in [1.807, 2.05) is 0 Å². The molecule has 0 radical (unpaired) electrons. The molecular formula is C28H25NO2S3. The molecule has 0 atom stereocenters. The Morgan fingerprint density at radius 1 is 0.647 bits per heavy atom. The summed E-state index contributed by atoms with van der Waals surface area (Å²) < 4.78 is 6.33. The van der Waals surface area contributed by atoms with Gasteiger partial charge in [-0.05, 0) is 69.3 Å². The first-order valence-electron chi connectivity index (χ1n) is 10.8. The molecule has 6 heteroatoms. The molecule has 0 aliphatic rings. The van der Waals surface area contributed by atoms with Crippen molar-refractivity contribution >= 4 is 41.2 Å². The Kier molecular flexibility index (Phi) is 8.27. The van der Waals surface area contributed by atoms with E-state index in [-0.39, 0.29) is 11.7 Å². The number of amides is 1. The quantitative estimate of drug-likeness (QED) is 0.244. The third-order valence-corrected chi connectivity index (χ3v) is 8.43. The highest BCUT2D eigenvalue weighted by molar-refractivity contribution is 8.23. The van der Waals surface area contributed by atoms with Crippen molar-refractivity contribution in [1.82, 2.24) is 5.32 Å². The molecular weight excluding hydrogens is 479 g/mol. The third-order valence-electron chi connectivity index (χ3n) is 4.86. The van der Waals surface area contributed by atoms with Gasteiger partial charge in [0.15, 0.2) is 5.76 Å². The largest absolute Gasteiger partial charge is 0.459 e. The van der Waals surface area contributed by atoms with Crippen LogP contribution in [0, 0.1) is 20.8 Å². The second-order valence-corrected chi connectivity index (χ2v) is 11.3. The monoisotopic (exact) mass is 503 g/mol. The number of furan rings is 1. The third kappa shape index (κ3) is 6.86. The molecule has 1 aromatic heterocycles. The van der Waals surface area contributed by atoms with E-state index in [4.69, 9.17) is 4.42 Å². The van der Waals surface area contributed by atoms with Crippen molar-refractivity contribution in [3.05, 3.63) is 123 Å². The summed E-state index contributed by atoms with van der Waals surface area (Å²) in [7, 11) is 0. The fourth-order valence-corrected chi connectivity index (χ4v) is 6.19. The highest BCUT2D eigenvalue weighted by Gasteiger charge is 2.18. The standard InChI is InChI=1S/C28H25NO2S3/c1-19-6-12-22(13-7-19)32-27(29-26(30)25-5-4-18-31-25)28(33-23-14-8-20(2)9-15-23)34-24-16-10-21(3)11-17-24/h4-18H,1-3H3,(H,29,30). The van der Waals surface area contributed by atoms with Gasteiger partial charge in [-0.1, -0.05) is 88.4 Å². The Morgan fingerprint density at radius 2 is 1.09 bits per heavy atom. The number of aryl methyl sites for hydroxylation is 3. The number of nitrogens with one attached hydrogen (secondary N) is 1. The maximum atomic E-state index is 13.0. The second kappa shape index (κ2) is 11.6. The topological polar surface area (TPSA) is 42.2 Å². The lowest BCUT2D eigenvalue weighted by Crippen LogP contribution is -2.21. The Morgan fingerprint density at radius 3 is 1.50 bits per heavy atom. The van der Waals surface area contributed by atoms with Gasteiger partial charge in [0.1, 0.15) is 5.03 Å². The number of thioether (sulfide) groups is 3. The summed E-state index contributed by atoms with van der Waals surface area (Å²) in [5, 5.41) is 3.88. The van der Waals surface area contributed by atoms with Gasteiger partial charge in [-0.2, -0.15) is 0 Å². The Hall–Kier alpha value is -2.80. The van der Waals surface area contributed by atoms with Crippen molar-refractivity contribution in [3.63, 3.8) is 0 Å².